The van der Waals surface area contributed by atoms with E-state index in [1.54, 1.807) is 23.1 Å². The molecule has 0 aliphatic carbocycles. The van der Waals surface area contributed by atoms with E-state index in [1.807, 2.05) is 26.0 Å². The molecule has 6 nitrogen and oxygen atoms in total. The summed E-state index contributed by atoms with van der Waals surface area (Å²) in [6.07, 6.45) is 1.40. The molecule has 7 heteroatoms. The second kappa shape index (κ2) is 7.37. The average Bonchev–Trinajstić information content (AvgIpc) is 3.10. The lowest BCUT2D eigenvalue weighted by Gasteiger charge is -2.20. The number of hydrogen-bond acceptors (Lipinski definition) is 4. The fraction of sp³-hybridized carbons (Fsp3) is 0.227. The summed E-state index contributed by atoms with van der Waals surface area (Å²) in [5.74, 6) is -0.454. The van der Waals surface area contributed by atoms with Crippen LogP contribution in [0.5, 0.6) is 0 Å². The lowest BCUT2D eigenvalue weighted by Crippen LogP contribution is -2.24. The van der Waals surface area contributed by atoms with Crippen molar-refractivity contribution in [1.82, 2.24) is 0 Å². The standard InChI is InChI=1S/C22H19ClN2O4/c1-12-8-16(25-7-3-4-19(25)26)9-13(2)20(12)24-21(27)17-11-14-10-15(23)5-6-18(14)29-22(17)28/h5-6,8-11H,3-4,7H2,1-2H3,(H,24,27). The zero-order chi connectivity index (χ0) is 20.7. The lowest BCUT2D eigenvalue weighted by molar-refractivity contribution is -0.117. The van der Waals surface area contributed by atoms with Crippen molar-refractivity contribution >= 4 is 45.8 Å². The molecule has 2 heterocycles. The minimum atomic E-state index is -0.716. The van der Waals surface area contributed by atoms with E-state index in [9.17, 15) is 14.4 Å². The molecular formula is C22H19ClN2O4. The van der Waals surface area contributed by atoms with Gasteiger partial charge in [0.25, 0.3) is 5.91 Å². The van der Waals surface area contributed by atoms with Gasteiger partial charge >= 0.3 is 5.63 Å². The molecule has 1 aromatic heterocycles. The van der Waals surface area contributed by atoms with Crippen molar-refractivity contribution in [3.05, 3.63) is 68.5 Å². The molecule has 2 amide bonds. The van der Waals surface area contributed by atoms with Crippen LogP contribution < -0.4 is 15.8 Å². The SMILES string of the molecule is Cc1cc(N2CCCC2=O)cc(C)c1NC(=O)c1cc2cc(Cl)ccc2oc1=O. The van der Waals surface area contributed by atoms with Crippen LogP contribution in [-0.4, -0.2) is 18.4 Å². The summed E-state index contributed by atoms with van der Waals surface area (Å²) < 4.78 is 5.25. The quantitative estimate of drug-likeness (QED) is 0.647. The number of halogens is 1. The Bertz CT molecular complexity index is 1190. The molecule has 3 aromatic rings. The van der Waals surface area contributed by atoms with E-state index < -0.39 is 11.5 Å². The van der Waals surface area contributed by atoms with Crippen molar-refractivity contribution in [2.75, 3.05) is 16.8 Å². The monoisotopic (exact) mass is 410 g/mol. The molecular weight excluding hydrogens is 392 g/mol. The molecule has 0 bridgehead atoms. The Balaban J connectivity index is 1.66. The van der Waals surface area contributed by atoms with E-state index in [-0.39, 0.29) is 11.5 Å². The van der Waals surface area contributed by atoms with Crippen LogP contribution in [0.25, 0.3) is 11.0 Å². The Kier molecular flexibility index (Phi) is 4.88. The first-order valence-electron chi connectivity index (χ1n) is 9.30. The summed E-state index contributed by atoms with van der Waals surface area (Å²) in [6, 6.07) is 10.1. The van der Waals surface area contributed by atoms with Gasteiger partial charge in [0.05, 0.1) is 0 Å². The maximum Gasteiger partial charge on any atom is 0.349 e. The van der Waals surface area contributed by atoms with Crippen LogP contribution in [0.4, 0.5) is 11.4 Å². The van der Waals surface area contributed by atoms with Gasteiger partial charge in [-0.05, 0) is 67.8 Å². The topological polar surface area (TPSA) is 79.6 Å². The summed E-state index contributed by atoms with van der Waals surface area (Å²) in [7, 11) is 0. The van der Waals surface area contributed by atoms with Crippen molar-refractivity contribution in [3.63, 3.8) is 0 Å². The first kappa shape index (κ1) is 19.2. The van der Waals surface area contributed by atoms with Crippen molar-refractivity contribution in [1.29, 1.82) is 0 Å². The molecule has 0 saturated carbocycles. The van der Waals surface area contributed by atoms with Gasteiger partial charge in [0.1, 0.15) is 11.1 Å². The number of amides is 2. The number of hydrogen-bond donors (Lipinski definition) is 1. The summed E-state index contributed by atoms with van der Waals surface area (Å²) in [5.41, 5.74) is 2.59. The highest BCUT2D eigenvalue weighted by molar-refractivity contribution is 6.31. The maximum atomic E-state index is 12.8. The number of anilines is 2. The van der Waals surface area contributed by atoms with Crippen LogP contribution in [0, 0.1) is 13.8 Å². The van der Waals surface area contributed by atoms with E-state index in [4.69, 9.17) is 16.0 Å². The zero-order valence-electron chi connectivity index (χ0n) is 16.0. The van der Waals surface area contributed by atoms with E-state index in [0.717, 1.165) is 23.2 Å². The van der Waals surface area contributed by atoms with E-state index in [1.165, 1.54) is 6.07 Å². The highest BCUT2D eigenvalue weighted by Gasteiger charge is 2.23. The Morgan fingerprint density at radius 3 is 2.48 bits per heavy atom. The number of aryl methyl sites for hydroxylation is 2. The van der Waals surface area contributed by atoms with Crippen LogP contribution in [-0.2, 0) is 4.79 Å². The normalized spacial score (nSPS) is 13.9. The molecule has 29 heavy (non-hydrogen) atoms. The molecule has 0 radical (unpaired) electrons. The molecule has 1 fully saturated rings. The largest absolute Gasteiger partial charge is 0.422 e. The minimum Gasteiger partial charge on any atom is -0.422 e. The van der Waals surface area contributed by atoms with Crippen LogP contribution >= 0.6 is 11.6 Å². The minimum absolute atomic E-state index is 0.0997. The fourth-order valence-corrected chi connectivity index (χ4v) is 3.83. The van der Waals surface area contributed by atoms with E-state index >= 15 is 0 Å². The van der Waals surface area contributed by atoms with Crippen molar-refractivity contribution in [2.24, 2.45) is 0 Å². The number of carbonyl (C=O) groups is 2. The fourth-order valence-electron chi connectivity index (χ4n) is 3.65. The summed E-state index contributed by atoms with van der Waals surface area (Å²) in [5, 5.41) is 3.86. The first-order chi connectivity index (χ1) is 13.8. The summed E-state index contributed by atoms with van der Waals surface area (Å²) >= 11 is 5.99. The number of nitrogens with zero attached hydrogens (tertiary/aromatic N) is 1. The molecule has 148 valence electrons. The van der Waals surface area contributed by atoms with Crippen LogP contribution in [0.15, 0.2) is 45.6 Å². The number of fused-ring (bicyclic) bond motifs is 1. The van der Waals surface area contributed by atoms with Gasteiger partial charge in [-0.3, -0.25) is 9.59 Å². The number of nitrogens with one attached hydrogen (secondary N) is 1. The summed E-state index contributed by atoms with van der Waals surface area (Å²) in [6.45, 7) is 4.41. The third-order valence-corrected chi connectivity index (χ3v) is 5.32. The molecule has 1 aliphatic rings. The van der Waals surface area contributed by atoms with Crippen molar-refractivity contribution < 1.29 is 14.0 Å². The number of carbonyl (C=O) groups excluding carboxylic acids is 2. The number of rotatable bonds is 3. The van der Waals surface area contributed by atoms with Gasteiger partial charge in [-0.25, -0.2) is 4.79 Å². The maximum absolute atomic E-state index is 12.8. The third kappa shape index (κ3) is 3.63. The first-order valence-corrected chi connectivity index (χ1v) is 9.67. The van der Waals surface area contributed by atoms with Gasteiger partial charge in [-0.1, -0.05) is 11.6 Å². The molecule has 0 atom stereocenters. The highest BCUT2D eigenvalue weighted by Crippen LogP contribution is 2.30. The van der Waals surface area contributed by atoms with E-state index in [2.05, 4.69) is 5.32 Å². The Morgan fingerprint density at radius 2 is 1.83 bits per heavy atom. The van der Waals surface area contributed by atoms with Crippen LogP contribution in [0.1, 0.15) is 34.3 Å². The van der Waals surface area contributed by atoms with Gasteiger partial charge in [0.2, 0.25) is 5.91 Å². The molecule has 1 saturated heterocycles. The van der Waals surface area contributed by atoms with Crippen LogP contribution in [0.3, 0.4) is 0 Å². The Labute approximate surface area is 172 Å². The van der Waals surface area contributed by atoms with Gasteiger partial charge in [0, 0.05) is 34.7 Å². The molecule has 0 unspecified atom stereocenters. The Morgan fingerprint density at radius 1 is 1.10 bits per heavy atom. The van der Waals surface area contributed by atoms with Gasteiger partial charge in [-0.15, -0.1) is 0 Å². The predicted molar refractivity (Wildman–Crippen MR) is 113 cm³/mol. The average molecular weight is 411 g/mol. The molecule has 4 rings (SSSR count). The Hall–Kier alpha value is -3.12. The second-order valence-corrected chi connectivity index (χ2v) is 7.62. The zero-order valence-corrected chi connectivity index (χ0v) is 16.8. The van der Waals surface area contributed by atoms with Gasteiger partial charge in [-0.2, -0.15) is 0 Å². The lowest BCUT2D eigenvalue weighted by atomic mass is 10.1. The number of benzene rings is 2. The highest BCUT2D eigenvalue weighted by atomic mass is 35.5. The second-order valence-electron chi connectivity index (χ2n) is 7.19. The van der Waals surface area contributed by atoms with Crippen molar-refractivity contribution in [2.45, 2.75) is 26.7 Å². The molecule has 2 aromatic carbocycles. The summed E-state index contributed by atoms with van der Waals surface area (Å²) in [4.78, 5) is 38.8. The van der Waals surface area contributed by atoms with Crippen LogP contribution in [0.2, 0.25) is 5.02 Å². The molecule has 1 aliphatic heterocycles. The van der Waals surface area contributed by atoms with Gasteiger partial charge < -0.3 is 14.6 Å². The van der Waals surface area contributed by atoms with E-state index in [0.29, 0.717) is 34.6 Å². The smallest absolute Gasteiger partial charge is 0.349 e. The molecule has 0 spiro atoms. The molecule has 1 N–H and O–H groups in total. The van der Waals surface area contributed by atoms with Crippen molar-refractivity contribution in [3.8, 4) is 0 Å². The predicted octanol–water partition coefficient (Wildman–Crippen LogP) is 4.44. The third-order valence-electron chi connectivity index (χ3n) is 5.08. The van der Waals surface area contributed by atoms with Gasteiger partial charge in [0.15, 0.2) is 0 Å².